The van der Waals surface area contributed by atoms with Crippen molar-refractivity contribution in [1.29, 1.82) is 0 Å². The monoisotopic (exact) mass is 594 g/mol. The van der Waals surface area contributed by atoms with Crippen molar-refractivity contribution in [2.24, 2.45) is 5.92 Å². The van der Waals surface area contributed by atoms with E-state index >= 15 is 4.39 Å². The van der Waals surface area contributed by atoms with E-state index in [0.717, 1.165) is 28.6 Å². The third-order valence-electron chi connectivity index (χ3n) is 8.97. The topological polar surface area (TPSA) is 51.7 Å². The van der Waals surface area contributed by atoms with E-state index in [1.807, 2.05) is 31.8 Å². The smallest absolute Gasteiger partial charge is 0.213 e. The summed E-state index contributed by atoms with van der Waals surface area (Å²) in [6, 6.07) is 16.8. The molecule has 42 heavy (non-hydrogen) atoms. The second-order valence-corrected chi connectivity index (χ2v) is 16.3. The van der Waals surface area contributed by atoms with E-state index in [2.05, 4.69) is 68.8 Å². The molecule has 0 N–H and O–H groups in total. The molecule has 4 rings (SSSR count). The van der Waals surface area contributed by atoms with Crippen LogP contribution in [0.5, 0.6) is 11.6 Å². The molecule has 0 saturated heterocycles. The summed E-state index contributed by atoms with van der Waals surface area (Å²) in [6.45, 7) is 16.0. The predicted molar refractivity (Wildman–Crippen MR) is 172 cm³/mol. The van der Waals surface area contributed by atoms with Crippen LogP contribution in [-0.2, 0) is 17.7 Å². The van der Waals surface area contributed by atoms with Gasteiger partial charge in [-0.05, 0) is 99.6 Å². The second kappa shape index (κ2) is 13.7. The molecule has 228 valence electrons. The molecule has 1 aliphatic rings. The zero-order valence-corrected chi connectivity index (χ0v) is 27.5. The van der Waals surface area contributed by atoms with Gasteiger partial charge < -0.3 is 14.0 Å². The van der Waals surface area contributed by atoms with Crippen LogP contribution in [-0.4, -0.2) is 47.6 Å². The Morgan fingerprint density at radius 2 is 1.74 bits per heavy atom. The third-order valence-corrected chi connectivity index (χ3v) is 12.3. The number of halogens is 1. The zero-order valence-electron chi connectivity index (χ0n) is 26.6. The fourth-order valence-corrected chi connectivity index (χ4v) is 7.70. The van der Waals surface area contributed by atoms with Gasteiger partial charge in [-0.3, -0.25) is 4.90 Å². The van der Waals surface area contributed by atoms with Crippen molar-refractivity contribution in [3.8, 4) is 22.8 Å². The minimum absolute atomic E-state index is 0.150. The molecule has 0 spiro atoms. The first-order chi connectivity index (χ1) is 19.9. The van der Waals surface area contributed by atoms with Gasteiger partial charge in [0.15, 0.2) is 0 Å². The lowest BCUT2D eigenvalue weighted by Gasteiger charge is -2.31. The fourth-order valence-electron chi connectivity index (χ4n) is 6.03. The van der Waals surface area contributed by atoms with Gasteiger partial charge in [-0.1, -0.05) is 44.2 Å². The van der Waals surface area contributed by atoms with Gasteiger partial charge in [-0.25, -0.2) is 9.37 Å². The molecule has 0 aliphatic heterocycles. The van der Waals surface area contributed by atoms with Crippen LogP contribution in [0.15, 0.2) is 54.7 Å². The standard InChI is InChI=1S/C35H48FN2O3P/c1-9-42(8,39)25(6)35(27-14-15-27)28-11-10-12-30(18-28)41-22-26-13-16-31(32-19-34(40-7)37-20-33(32)36)29(17-26)21-38(23(2)3)24(4)5/h10-13,16-20,23-25,27,35H,9,14-15,21-22H2,1-8H3/t25-,35-,42?/m0/s1. The highest BCUT2D eigenvalue weighted by atomic mass is 31.2. The maximum atomic E-state index is 15.0. The molecular weight excluding hydrogens is 546 g/mol. The number of pyridine rings is 1. The molecule has 0 amide bonds. The normalized spacial score (nSPS) is 16.5. The maximum absolute atomic E-state index is 15.0. The SMILES string of the molecule is CCP(C)(=O)[C@@H](C)[C@H](c1cccc(OCc2ccc(-c3cc(OC)ncc3F)c(CN(C(C)C)C(C)C)c2)c1)C1CC1. The second-order valence-electron chi connectivity index (χ2n) is 12.5. The number of hydrogen-bond acceptors (Lipinski definition) is 5. The van der Waals surface area contributed by atoms with Gasteiger partial charge in [0.2, 0.25) is 5.88 Å². The van der Waals surface area contributed by atoms with Crippen LogP contribution in [0.2, 0.25) is 0 Å². The molecule has 7 heteroatoms. The van der Waals surface area contributed by atoms with Crippen molar-refractivity contribution >= 4 is 7.14 Å². The van der Waals surface area contributed by atoms with Gasteiger partial charge in [0.1, 0.15) is 18.2 Å². The summed E-state index contributed by atoms with van der Waals surface area (Å²) in [5.74, 6) is 1.71. The lowest BCUT2D eigenvalue weighted by atomic mass is 9.91. The number of ether oxygens (including phenoxy) is 2. The molecule has 0 bridgehead atoms. The van der Waals surface area contributed by atoms with Crippen LogP contribution in [0, 0.1) is 11.7 Å². The van der Waals surface area contributed by atoms with E-state index in [4.69, 9.17) is 9.47 Å². The Morgan fingerprint density at radius 3 is 2.36 bits per heavy atom. The molecule has 1 aliphatic carbocycles. The largest absolute Gasteiger partial charge is 0.489 e. The summed E-state index contributed by atoms with van der Waals surface area (Å²) in [4.78, 5) is 6.42. The Labute approximate surface area is 252 Å². The lowest BCUT2D eigenvalue weighted by Crippen LogP contribution is -2.36. The molecule has 1 fully saturated rings. The van der Waals surface area contributed by atoms with Crippen LogP contribution < -0.4 is 9.47 Å². The van der Waals surface area contributed by atoms with Gasteiger partial charge in [0, 0.05) is 35.9 Å². The van der Waals surface area contributed by atoms with Crippen LogP contribution in [0.4, 0.5) is 4.39 Å². The molecule has 5 nitrogen and oxygen atoms in total. The molecule has 0 radical (unpaired) electrons. The average Bonchev–Trinajstić information content (AvgIpc) is 3.80. The van der Waals surface area contributed by atoms with Crippen molar-refractivity contribution in [3.05, 3.63) is 77.2 Å². The Hall–Kier alpha value is -2.69. The number of hydrogen-bond donors (Lipinski definition) is 0. The number of methoxy groups -OCH3 is 1. The van der Waals surface area contributed by atoms with E-state index in [-0.39, 0.29) is 11.5 Å². The lowest BCUT2D eigenvalue weighted by molar-refractivity contribution is 0.166. The first kappa shape index (κ1) is 32.2. The highest BCUT2D eigenvalue weighted by molar-refractivity contribution is 7.63. The summed E-state index contributed by atoms with van der Waals surface area (Å²) in [7, 11) is -0.693. The van der Waals surface area contributed by atoms with Gasteiger partial charge in [-0.2, -0.15) is 0 Å². The number of aromatic nitrogens is 1. The first-order valence-corrected chi connectivity index (χ1v) is 17.7. The molecular formula is C35H48FN2O3P. The highest BCUT2D eigenvalue weighted by Crippen LogP contribution is 2.58. The van der Waals surface area contributed by atoms with Crippen molar-refractivity contribution < 1.29 is 18.4 Å². The maximum Gasteiger partial charge on any atom is 0.213 e. The van der Waals surface area contributed by atoms with Crippen LogP contribution >= 0.6 is 7.14 Å². The number of benzene rings is 2. The summed E-state index contributed by atoms with van der Waals surface area (Å²) in [6.07, 6.45) is 4.35. The average molecular weight is 595 g/mol. The van der Waals surface area contributed by atoms with Crippen LogP contribution in [0.3, 0.4) is 0 Å². The number of nitrogens with zero attached hydrogens (tertiary/aromatic N) is 2. The minimum atomic E-state index is -2.23. The Balaban J connectivity index is 1.62. The van der Waals surface area contributed by atoms with E-state index < -0.39 is 7.14 Å². The van der Waals surface area contributed by atoms with Crippen LogP contribution in [0.25, 0.3) is 11.1 Å². The van der Waals surface area contributed by atoms with Crippen molar-refractivity contribution in [3.63, 3.8) is 0 Å². The van der Waals surface area contributed by atoms with Gasteiger partial charge in [0.25, 0.3) is 0 Å². The van der Waals surface area contributed by atoms with Gasteiger partial charge in [-0.15, -0.1) is 0 Å². The molecule has 1 aromatic heterocycles. The van der Waals surface area contributed by atoms with Crippen LogP contribution in [0.1, 0.15) is 77.0 Å². The molecule has 2 aromatic carbocycles. The minimum Gasteiger partial charge on any atom is -0.489 e. The van der Waals surface area contributed by atoms with Crippen molar-refractivity contribution in [1.82, 2.24) is 9.88 Å². The van der Waals surface area contributed by atoms with Crippen molar-refractivity contribution in [2.45, 2.75) is 91.2 Å². The molecule has 1 saturated carbocycles. The Morgan fingerprint density at radius 1 is 1.02 bits per heavy atom. The predicted octanol–water partition coefficient (Wildman–Crippen LogP) is 8.99. The molecule has 1 heterocycles. The molecule has 3 aromatic rings. The first-order valence-electron chi connectivity index (χ1n) is 15.3. The van der Waals surface area contributed by atoms with Gasteiger partial charge >= 0.3 is 0 Å². The third kappa shape index (κ3) is 7.63. The van der Waals surface area contributed by atoms with E-state index in [9.17, 15) is 4.57 Å². The molecule has 3 atom stereocenters. The summed E-state index contributed by atoms with van der Waals surface area (Å²) in [5, 5.41) is 0. The highest BCUT2D eigenvalue weighted by Gasteiger charge is 2.41. The fraction of sp³-hybridized carbons (Fsp3) is 0.514. The quantitative estimate of drug-likeness (QED) is 0.174. The van der Waals surface area contributed by atoms with E-state index in [1.54, 1.807) is 6.07 Å². The van der Waals surface area contributed by atoms with Gasteiger partial charge in [0.05, 0.1) is 20.4 Å². The van der Waals surface area contributed by atoms with Crippen molar-refractivity contribution in [2.75, 3.05) is 19.9 Å². The summed E-state index contributed by atoms with van der Waals surface area (Å²) in [5.41, 5.74) is 4.72. The Bertz CT molecular complexity index is 1400. The van der Waals surface area contributed by atoms with E-state index in [1.165, 1.54) is 31.7 Å². The zero-order chi connectivity index (χ0) is 30.6. The van der Waals surface area contributed by atoms with E-state index in [0.29, 0.717) is 48.5 Å². The molecule has 1 unspecified atom stereocenters. The Kier molecular flexibility index (Phi) is 10.5. The summed E-state index contributed by atoms with van der Waals surface area (Å²) >= 11 is 0. The number of rotatable bonds is 14. The summed E-state index contributed by atoms with van der Waals surface area (Å²) < 4.78 is 40.0.